The van der Waals surface area contributed by atoms with Crippen LogP contribution in [-0.2, 0) is 19.1 Å². The van der Waals surface area contributed by atoms with Crippen LogP contribution < -0.4 is 0 Å². The average Bonchev–Trinajstić information content (AvgIpc) is 2.83. The van der Waals surface area contributed by atoms with E-state index in [0.29, 0.717) is 38.2 Å². The summed E-state index contributed by atoms with van der Waals surface area (Å²) < 4.78 is 11.0. The number of esters is 2. The highest BCUT2D eigenvalue weighted by Gasteiger charge is 2.24. The molecular formula is C30H56O4. The molecule has 1 saturated carbocycles. The molecule has 1 fully saturated rings. The van der Waals surface area contributed by atoms with Gasteiger partial charge in [0, 0.05) is 12.8 Å². The van der Waals surface area contributed by atoms with Crippen LogP contribution in [-0.4, -0.2) is 24.6 Å². The van der Waals surface area contributed by atoms with Crippen molar-refractivity contribution in [3.63, 3.8) is 0 Å². The fraction of sp³-hybridized carbons (Fsp3) is 0.933. The van der Waals surface area contributed by atoms with E-state index in [1.807, 2.05) is 0 Å². The van der Waals surface area contributed by atoms with Crippen molar-refractivity contribution in [2.75, 3.05) is 6.61 Å². The molecule has 4 heteroatoms. The maximum atomic E-state index is 12.0. The van der Waals surface area contributed by atoms with E-state index in [2.05, 4.69) is 13.8 Å². The highest BCUT2D eigenvalue weighted by Crippen LogP contribution is 2.26. The van der Waals surface area contributed by atoms with Gasteiger partial charge in [-0.1, -0.05) is 110 Å². The van der Waals surface area contributed by atoms with E-state index >= 15 is 0 Å². The largest absolute Gasteiger partial charge is 0.466 e. The SMILES string of the molecule is CCCCCCCCCCCCCCCCCOC(=O)CCCCC(=O)OC1CCCCC1C. The van der Waals surface area contributed by atoms with Crippen LogP contribution >= 0.6 is 0 Å². The Bertz CT molecular complexity index is 490. The molecule has 0 spiro atoms. The Balaban J connectivity index is 1.79. The first-order valence-electron chi connectivity index (χ1n) is 15.0. The number of unbranched alkanes of at least 4 members (excludes halogenated alkanes) is 15. The van der Waals surface area contributed by atoms with E-state index in [4.69, 9.17) is 9.47 Å². The second kappa shape index (κ2) is 22.4. The smallest absolute Gasteiger partial charge is 0.306 e. The molecule has 0 aromatic heterocycles. The Kier molecular flexibility index (Phi) is 20.4. The number of carbonyl (C=O) groups is 2. The minimum atomic E-state index is -0.125. The van der Waals surface area contributed by atoms with E-state index in [1.165, 1.54) is 89.9 Å². The third-order valence-electron chi connectivity index (χ3n) is 7.34. The van der Waals surface area contributed by atoms with E-state index in [0.717, 1.165) is 32.1 Å². The highest BCUT2D eigenvalue weighted by molar-refractivity contribution is 5.70. The molecule has 2 unspecified atom stereocenters. The van der Waals surface area contributed by atoms with Crippen LogP contribution in [0, 0.1) is 5.92 Å². The quantitative estimate of drug-likeness (QED) is 0.114. The van der Waals surface area contributed by atoms with E-state index in [9.17, 15) is 9.59 Å². The van der Waals surface area contributed by atoms with Gasteiger partial charge in [0.25, 0.3) is 0 Å². The molecule has 1 aliphatic carbocycles. The van der Waals surface area contributed by atoms with Gasteiger partial charge in [0.15, 0.2) is 0 Å². The second-order valence-electron chi connectivity index (χ2n) is 10.7. The summed E-state index contributed by atoms with van der Waals surface area (Å²) in [6.45, 7) is 4.99. The lowest BCUT2D eigenvalue weighted by atomic mass is 9.88. The highest BCUT2D eigenvalue weighted by atomic mass is 16.5. The fourth-order valence-corrected chi connectivity index (χ4v) is 4.96. The molecule has 200 valence electrons. The minimum Gasteiger partial charge on any atom is -0.466 e. The normalized spacial score (nSPS) is 18.1. The summed E-state index contributed by atoms with van der Waals surface area (Å²) in [5.74, 6) is 0.247. The van der Waals surface area contributed by atoms with Gasteiger partial charge < -0.3 is 9.47 Å². The number of carbonyl (C=O) groups excluding carboxylic acids is 2. The first kappa shape index (κ1) is 31.0. The molecule has 0 aromatic rings. The first-order chi connectivity index (χ1) is 16.6. The number of ether oxygens (including phenoxy) is 2. The van der Waals surface area contributed by atoms with E-state index < -0.39 is 0 Å². The van der Waals surface area contributed by atoms with Crippen molar-refractivity contribution >= 4 is 11.9 Å². The number of hydrogen-bond donors (Lipinski definition) is 0. The van der Waals surface area contributed by atoms with Gasteiger partial charge in [0.1, 0.15) is 6.10 Å². The zero-order valence-electron chi connectivity index (χ0n) is 22.8. The summed E-state index contributed by atoms with van der Waals surface area (Å²) in [6, 6.07) is 0. The van der Waals surface area contributed by atoms with Crippen molar-refractivity contribution in [2.45, 2.75) is 168 Å². The molecule has 1 aliphatic rings. The Morgan fingerprint density at radius 1 is 0.618 bits per heavy atom. The van der Waals surface area contributed by atoms with Crippen molar-refractivity contribution in [3.8, 4) is 0 Å². The van der Waals surface area contributed by atoms with Crippen molar-refractivity contribution in [1.82, 2.24) is 0 Å². The summed E-state index contributed by atoms with van der Waals surface area (Å²) in [6.07, 6.45) is 26.9. The lowest BCUT2D eigenvalue weighted by Crippen LogP contribution is -2.28. The van der Waals surface area contributed by atoms with Gasteiger partial charge in [-0.05, 0) is 44.4 Å². The van der Waals surface area contributed by atoms with Crippen LogP contribution in [0.1, 0.15) is 162 Å². The molecule has 0 N–H and O–H groups in total. The van der Waals surface area contributed by atoms with Gasteiger partial charge in [0.05, 0.1) is 6.61 Å². The first-order valence-corrected chi connectivity index (χ1v) is 15.0. The van der Waals surface area contributed by atoms with Crippen LogP contribution in [0.25, 0.3) is 0 Å². The molecule has 0 aliphatic heterocycles. The predicted molar refractivity (Wildman–Crippen MR) is 142 cm³/mol. The molecule has 0 amide bonds. The zero-order valence-corrected chi connectivity index (χ0v) is 22.8. The van der Waals surface area contributed by atoms with Crippen LogP contribution in [0.2, 0.25) is 0 Å². The third kappa shape index (κ3) is 18.3. The number of rotatable bonds is 22. The van der Waals surface area contributed by atoms with Gasteiger partial charge in [0.2, 0.25) is 0 Å². The summed E-state index contributed by atoms with van der Waals surface area (Å²) in [7, 11) is 0. The van der Waals surface area contributed by atoms with Crippen LogP contribution in [0.4, 0.5) is 0 Å². The molecule has 0 saturated heterocycles. The van der Waals surface area contributed by atoms with Crippen LogP contribution in [0.15, 0.2) is 0 Å². The topological polar surface area (TPSA) is 52.6 Å². The molecule has 0 bridgehead atoms. The van der Waals surface area contributed by atoms with Gasteiger partial charge in [-0.15, -0.1) is 0 Å². The van der Waals surface area contributed by atoms with Crippen molar-refractivity contribution < 1.29 is 19.1 Å². The molecule has 0 aromatic carbocycles. The minimum absolute atomic E-state index is 0.0983. The second-order valence-corrected chi connectivity index (χ2v) is 10.7. The maximum Gasteiger partial charge on any atom is 0.306 e. The Morgan fingerprint density at radius 2 is 1.09 bits per heavy atom. The molecule has 0 radical (unpaired) electrons. The molecule has 2 atom stereocenters. The molecule has 4 nitrogen and oxygen atoms in total. The van der Waals surface area contributed by atoms with Crippen LogP contribution in [0.3, 0.4) is 0 Å². The molecular weight excluding hydrogens is 424 g/mol. The van der Waals surface area contributed by atoms with Gasteiger partial charge in [-0.25, -0.2) is 0 Å². The van der Waals surface area contributed by atoms with Gasteiger partial charge in [-0.2, -0.15) is 0 Å². The fourth-order valence-electron chi connectivity index (χ4n) is 4.96. The standard InChI is InChI=1S/C30H56O4/c1-3-4-5-6-7-8-9-10-11-12-13-14-15-16-21-26-33-29(31)24-19-20-25-30(32)34-28-23-18-17-22-27(28)2/h27-28H,3-26H2,1-2H3. The Morgan fingerprint density at radius 3 is 1.62 bits per heavy atom. The lowest BCUT2D eigenvalue weighted by Gasteiger charge is -2.28. The molecule has 0 heterocycles. The summed E-state index contributed by atoms with van der Waals surface area (Å²) >= 11 is 0. The average molecular weight is 481 g/mol. The Hall–Kier alpha value is -1.06. The van der Waals surface area contributed by atoms with Crippen molar-refractivity contribution in [2.24, 2.45) is 5.92 Å². The Labute approximate surface area is 211 Å². The van der Waals surface area contributed by atoms with Gasteiger partial charge >= 0.3 is 11.9 Å². The summed E-state index contributed by atoms with van der Waals surface area (Å²) in [5.41, 5.74) is 0. The van der Waals surface area contributed by atoms with E-state index in [1.54, 1.807) is 0 Å². The van der Waals surface area contributed by atoms with Crippen LogP contribution in [0.5, 0.6) is 0 Å². The van der Waals surface area contributed by atoms with Crippen molar-refractivity contribution in [3.05, 3.63) is 0 Å². The molecule has 34 heavy (non-hydrogen) atoms. The van der Waals surface area contributed by atoms with Gasteiger partial charge in [-0.3, -0.25) is 9.59 Å². The maximum absolute atomic E-state index is 12.0. The summed E-state index contributed by atoms with van der Waals surface area (Å²) in [4.78, 5) is 23.9. The molecule has 1 rings (SSSR count). The number of hydrogen-bond acceptors (Lipinski definition) is 4. The monoisotopic (exact) mass is 480 g/mol. The van der Waals surface area contributed by atoms with Crippen molar-refractivity contribution in [1.29, 1.82) is 0 Å². The summed E-state index contributed by atoms with van der Waals surface area (Å²) in [5, 5.41) is 0. The predicted octanol–water partition coefficient (Wildman–Crippen LogP) is 9.08. The zero-order chi connectivity index (χ0) is 24.7. The van der Waals surface area contributed by atoms with E-state index in [-0.39, 0.29) is 18.0 Å². The lowest BCUT2D eigenvalue weighted by molar-refractivity contribution is -0.153. The third-order valence-corrected chi connectivity index (χ3v) is 7.34.